The monoisotopic (exact) mass is 392 g/mol. The molecule has 0 atom stereocenters. The first-order chi connectivity index (χ1) is 14.2. The molecule has 1 amide bonds. The average Bonchev–Trinajstić information content (AvgIpc) is 2.75. The molecule has 0 unspecified atom stereocenters. The average molecular weight is 392 g/mol. The van der Waals surface area contributed by atoms with Crippen molar-refractivity contribution >= 4 is 17.7 Å². The molecule has 0 aliphatic carbocycles. The van der Waals surface area contributed by atoms with E-state index in [2.05, 4.69) is 12.2 Å². The van der Waals surface area contributed by atoms with E-state index in [0.29, 0.717) is 30.2 Å². The third kappa shape index (κ3) is 7.34. The minimum absolute atomic E-state index is 0.0115. The quantitative estimate of drug-likeness (QED) is 0.307. The number of para-hydroxylation sites is 1. The van der Waals surface area contributed by atoms with Crippen LogP contribution in [0.3, 0.4) is 0 Å². The Morgan fingerprint density at radius 2 is 1.76 bits per heavy atom. The second-order valence-electron chi connectivity index (χ2n) is 6.59. The Bertz CT molecular complexity index is 851. The summed E-state index contributed by atoms with van der Waals surface area (Å²) in [5.41, 5.74) is 1.31. The number of benzene rings is 2. The second-order valence-corrected chi connectivity index (χ2v) is 6.59. The van der Waals surface area contributed by atoms with Crippen LogP contribution in [0.2, 0.25) is 0 Å². The lowest BCUT2D eigenvalue weighted by Gasteiger charge is -2.09. The van der Waals surface area contributed by atoms with E-state index in [1.807, 2.05) is 49.4 Å². The molecule has 0 bridgehead atoms. The van der Waals surface area contributed by atoms with Gasteiger partial charge >= 0.3 is 0 Å². The Kier molecular flexibility index (Phi) is 9.31. The highest BCUT2D eigenvalue weighted by molar-refractivity contribution is 6.09. The summed E-state index contributed by atoms with van der Waals surface area (Å²) in [4.78, 5) is 12.5. The molecule has 0 spiro atoms. The van der Waals surface area contributed by atoms with Crippen LogP contribution < -0.4 is 14.8 Å². The summed E-state index contributed by atoms with van der Waals surface area (Å²) in [6, 6.07) is 16.5. The van der Waals surface area contributed by atoms with E-state index < -0.39 is 5.91 Å². The molecule has 0 aromatic heterocycles. The van der Waals surface area contributed by atoms with Crippen LogP contribution in [0.5, 0.6) is 11.5 Å². The predicted octanol–water partition coefficient (Wildman–Crippen LogP) is 5.59. The number of hydrogen-bond acceptors (Lipinski definition) is 4. The third-order valence-corrected chi connectivity index (χ3v) is 4.17. The van der Waals surface area contributed by atoms with E-state index in [1.54, 1.807) is 18.2 Å². The van der Waals surface area contributed by atoms with Crippen LogP contribution in [-0.4, -0.2) is 19.1 Å². The van der Waals surface area contributed by atoms with Gasteiger partial charge in [0.1, 0.15) is 23.1 Å². The molecule has 152 valence electrons. The van der Waals surface area contributed by atoms with Crippen molar-refractivity contribution in [3.8, 4) is 17.6 Å². The molecule has 0 saturated carbocycles. The van der Waals surface area contributed by atoms with E-state index in [-0.39, 0.29) is 5.57 Å². The second kappa shape index (κ2) is 12.2. The highest BCUT2D eigenvalue weighted by Gasteiger charge is 2.11. The fourth-order valence-corrected chi connectivity index (χ4v) is 2.62. The van der Waals surface area contributed by atoms with E-state index in [1.165, 1.54) is 0 Å². The highest BCUT2D eigenvalue weighted by Crippen LogP contribution is 2.22. The number of carbonyl (C=O) groups excluding carboxylic acids is 1. The Morgan fingerprint density at radius 1 is 1.00 bits per heavy atom. The van der Waals surface area contributed by atoms with Crippen molar-refractivity contribution in [1.29, 1.82) is 5.26 Å². The zero-order chi connectivity index (χ0) is 20.9. The maximum atomic E-state index is 12.5. The summed E-state index contributed by atoms with van der Waals surface area (Å²) in [5.74, 6) is 0.950. The molecule has 5 nitrogen and oxygen atoms in total. The van der Waals surface area contributed by atoms with Gasteiger partial charge in [-0.3, -0.25) is 4.79 Å². The van der Waals surface area contributed by atoms with Crippen LogP contribution in [-0.2, 0) is 4.79 Å². The molecule has 0 radical (unpaired) electrons. The molecule has 0 fully saturated rings. The number of hydrogen-bond donors (Lipinski definition) is 1. The summed E-state index contributed by atoms with van der Waals surface area (Å²) < 4.78 is 11.4. The van der Waals surface area contributed by atoms with Gasteiger partial charge in [-0.1, -0.05) is 44.9 Å². The maximum Gasteiger partial charge on any atom is 0.266 e. The zero-order valence-corrected chi connectivity index (χ0v) is 17.1. The Morgan fingerprint density at radius 3 is 2.45 bits per heavy atom. The molecule has 29 heavy (non-hydrogen) atoms. The van der Waals surface area contributed by atoms with Gasteiger partial charge in [0.15, 0.2) is 0 Å². The third-order valence-electron chi connectivity index (χ3n) is 4.17. The van der Waals surface area contributed by atoms with Crippen LogP contribution in [0.15, 0.2) is 54.1 Å². The van der Waals surface area contributed by atoms with Gasteiger partial charge in [-0.15, -0.1) is 0 Å². The van der Waals surface area contributed by atoms with Gasteiger partial charge < -0.3 is 14.8 Å². The zero-order valence-electron chi connectivity index (χ0n) is 17.1. The Balaban J connectivity index is 2.03. The molecule has 5 heteroatoms. The first-order valence-electron chi connectivity index (χ1n) is 10.1. The molecule has 2 aromatic rings. The summed E-state index contributed by atoms with van der Waals surface area (Å²) in [5, 5.41) is 12.2. The number of ether oxygens (including phenoxy) is 2. The Labute approximate surface area is 173 Å². The van der Waals surface area contributed by atoms with Gasteiger partial charge in [-0.2, -0.15) is 5.26 Å². The topological polar surface area (TPSA) is 71.3 Å². The highest BCUT2D eigenvalue weighted by atomic mass is 16.5. The number of rotatable bonds is 11. The number of nitrogens with one attached hydrogen (secondary N) is 1. The van der Waals surface area contributed by atoms with Gasteiger partial charge in [0, 0.05) is 11.3 Å². The van der Waals surface area contributed by atoms with Gasteiger partial charge in [0.05, 0.1) is 13.2 Å². The molecule has 0 saturated heterocycles. The van der Waals surface area contributed by atoms with Crippen molar-refractivity contribution in [3.05, 3.63) is 59.7 Å². The number of nitriles is 1. The Hall–Kier alpha value is -3.26. The number of carbonyl (C=O) groups is 1. The predicted molar refractivity (Wildman–Crippen MR) is 116 cm³/mol. The molecule has 0 aliphatic rings. The summed E-state index contributed by atoms with van der Waals surface area (Å²) >= 11 is 0. The van der Waals surface area contributed by atoms with Crippen molar-refractivity contribution in [2.45, 2.75) is 39.5 Å². The molecular formula is C24H28N2O3. The normalized spacial score (nSPS) is 10.9. The number of unbranched alkanes of at least 4 members (excludes halogenated alkanes) is 2. The van der Waals surface area contributed by atoms with Crippen LogP contribution in [0.25, 0.3) is 6.08 Å². The minimum Gasteiger partial charge on any atom is -0.494 e. The standard InChI is InChI=1S/C24H28N2O3/c1-3-5-8-16-28-22-13-11-21(12-14-22)26-24(27)20(18-25)17-19-9-6-7-10-23(19)29-15-4-2/h6-7,9-14,17H,3-5,8,15-16H2,1-2H3,(H,26,27)/b20-17+. The molecule has 0 heterocycles. The largest absolute Gasteiger partial charge is 0.494 e. The number of nitrogens with zero attached hydrogens (tertiary/aromatic N) is 1. The van der Waals surface area contributed by atoms with Crippen molar-refractivity contribution < 1.29 is 14.3 Å². The lowest BCUT2D eigenvalue weighted by molar-refractivity contribution is -0.112. The molecule has 0 aliphatic heterocycles. The fourth-order valence-electron chi connectivity index (χ4n) is 2.62. The van der Waals surface area contributed by atoms with Gasteiger partial charge in [-0.05, 0) is 49.2 Å². The number of amides is 1. The van der Waals surface area contributed by atoms with Crippen LogP contribution in [0, 0.1) is 11.3 Å². The summed E-state index contributed by atoms with van der Waals surface area (Å²) in [6.07, 6.45) is 5.74. The van der Waals surface area contributed by atoms with Crippen molar-refractivity contribution in [2.75, 3.05) is 18.5 Å². The van der Waals surface area contributed by atoms with Crippen molar-refractivity contribution in [1.82, 2.24) is 0 Å². The van der Waals surface area contributed by atoms with Gasteiger partial charge in [-0.25, -0.2) is 0 Å². The van der Waals surface area contributed by atoms with Gasteiger partial charge in [0.2, 0.25) is 0 Å². The molecule has 1 N–H and O–H groups in total. The van der Waals surface area contributed by atoms with E-state index >= 15 is 0 Å². The summed E-state index contributed by atoms with van der Waals surface area (Å²) in [6.45, 7) is 5.43. The van der Waals surface area contributed by atoms with Crippen LogP contribution in [0.4, 0.5) is 5.69 Å². The maximum absolute atomic E-state index is 12.5. The van der Waals surface area contributed by atoms with Crippen LogP contribution >= 0.6 is 0 Å². The van der Waals surface area contributed by atoms with E-state index in [0.717, 1.165) is 31.4 Å². The van der Waals surface area contributed by atoms with E-state index in [9.17, 15) is 10.1 Å². The number of anilines is 1. The first-order valence-corrected chi connectivity index (χ1v) is 10.1. The van der Waals surface area contributed by atoms with Crippen molar-refractivity contribution in [2.24, 2.45) is 0 Å². The van der Waals surface area contributed by atoms with Gasteiger partial charge in [0.25, 0.3) is 5.91 Å². The minimum atomic E-state index is -0.464. The molecular weight excluding hydrogens is 364 g/mol. The fraction of sp³-hybridized carbons (Fsp3) is 0.333. The lowest BCUT2D eigenvalue weighted by atomic mass is 10.1. The smallest absolute Gasteiger partial charge is 0.266 e. The van der Waals surface area contributed by atoms with E-state index in [4.69, 9.17) is 9.47 Å². The first kappa shape index (κ1) is 22.0. The van der Waals surface area contributed by atoms with Crippen molar-refractivity contribution in [3.63, 3.8) is 0 Å². The lowest BCUT2D eigenvalue weighted by Crippen LogP contribution is -2.13. The SMILES string of the molecule is CCCCCOc1ccc(NC(=O)/C(C#N)=C/c2ccccc2OCCC)cc1. The van der Waals surface area contributed by atoms with Crippen LogP contribution in [0.1, 0.15) is 45.1 Å². The molecule has 2 aromatic carbocycles. The summed E-state index contributed by atoms with van der Waals surface area (Å²) in [7, 11) is 0. The molecule has 2 rings (SSSR count).